The molecule has 4 heterocycles. The molecule has 1 fully saturated rings. The molecule has 0 aliphatic carbocycles. The summed E-state index contributed by atoms with van der Waals surface area (Å²) < 4.78 is 13.5. The Labute approximate surface area is 234 Å². The summed E-state index contributed by atoms with van der Waals surface area (Å²) >= 11 is 0. The molecule has 6 nitrogen and oxygen atoms in total. The van der Waals surface area contributed by atoms with Crippen LogP contribution in [0.15, 0.2) is 79.7 Å². The Morgan fingerprint density at radius 3 is 2.55 bits per heavy atom. The second kappa shape index (κ2) is 12.2. The summed E-state index contributed by atoms with van der Waals surface area (Å²) in [6.45, 7) is 13.1. The first-order valence-electron chi connectivity index (χ1n) is 13.9. The predicted octanol–water partition coefficient (Wildman–Crippen LogP) is 7.70. The zero-order valence-electron chi connectivity index (χ0n) is 23.3. The minimum atomic E-state index is -0.276. The molecule has 6 rings (SSSR count). The molecular formula is C33H35FN6. The van der Waals surface area contributed by atoms with E-state index in [1.807, 2.05) is 45.3 Å². The fourth-order valence-electron chi connectivity index (χ4n) is 5.20. The van der Waals surface area contributed by atoms with Gasteiger partial charge in [0.05, 0.1) is 11.2 Å². The molecule has 0 saturated carbocycles. The maximum absolute atomic E-state index is 13.5. The van der Waals surface area contributed by atoms with Crippen LogP contribution in [0.3, 0.4) is 0 Å². The summed E-state index contributed by atoms with van der Waals surface area (Å²) in [6.07, 6.45) is 10.0. The Hall–Kier alpha value is -4.36. The topological polar surface area (TPSA) is 73.5 Å². The number of H-pyrrole nitrogens is 2. The fraction of sp³-hybridized carbons (Fsp3) is 0.242. The van der Waals surface area contributed by atoms with Gasteiger partial charge in [0.2, 0.25) is 0 Å². The van der Waals surface area contributed by atoms with Crippen molar-refractivity contribution in [2.45, 2.75) is 40.2 Å². The van der Waals surface area contributed by atoms with E-state index in [9.17, 15) is 4.39 Å². The first-order chi connectivity index (χ1) is 19.6. The highest BCUT2D eigenvalue weighted by molar-refractivity contribution is 5.94. The summed E-state index contributed by atoms with van der Waals surface area (Å²) in [5.74, 6) is 0.389. The summed E-state index contributed by atoms with van der Waals surface area (Å²) in [5.41, 5.74) is 8.46. The highest BCUT2D eigenvalue weighted by atomic mass is 19.1. The molecule has 1 saturated heterocycles. The monoisotopic (exact) mass is 534 g/mol. The number of aryl methyl sites for hydroxylation is 1. The molecule has 3 aromatic heterocycles. The first kappa shape index (κ1) is 27.2. The maximum atomic E-state index is 13.5. The van der Waals surface area contributed by atoms with Crippen LogP contribution < -0.4 is 0 Å². The molecule has 0 radical (unpaired) electrons. The molecule has 204 valence electrons. The molecule has 1 aliphatic heterocycles. The van der Waals surface area contributed by atoms with Gasteiger partial charge in [-0.2, -0.15) is 5.10 Å². The van der Waals surface area contributed by atoms with Gasteiger partial charge in [-0.15, -0.1) is 0 Å². The second-order valence-corrected chi connectivity index (χ2v) is 9.78. The number of allylic oxidation sites excluding steroid dienone is 2. The molecule has 2 N–H and O–H groups in total. The molecule has 5 aromatic rings. The minimum Gasteiger partial charge on any atom is -0.340 e. The Bertz CT molecular complexity index is 1640. The highest BCUT2D eigenvalue weighted by Crippen LogP contribution is 2.32. The van der Waals surface area contributed by atoms with Gasteiger partial charge in [-0.05, 0) is 79.9 Å². The van der Waals surface area contributed by atoms with Crippen molar-refractivity contribution in [2.75, 3.05) is 13.1 Å². The van der Waals surface area contributed by atoms with E-state index in [1.165, 1.54) is 30.5 Å². The van der Waals surface area contributed by atoms with Gasteiger partial charge in [0, 0.05) is 41.2 Å². The van der Waals surface area contributed by atoms with E-state index in [2.05, 4.69) is 49.8 Å². The van der Waals surface area contributed by atoms with Crippen molar-refractivity contribution in [3.8, 4) is 22.6 Å². The van der Waals surface area contributed by atoms with E-state index >= 15 is 0 Å². The molecule has 0 bridgehead atoms. The van der Waals surface area contributed by atoms with Gasteiger partial charge in [0.15, 0.2) is 5.82 Å². The Morgan fingerprint density at radius 1 is 1.02 bits per heavy atom. The lowest BCUT2D eigenvalue weighted by Gasteiger charge is -2.14. The van der Waals surface area contributed by atoms with E-state index < -0.39 is 0 Å². The number of aromatic amines is 2. The summed E-state index contributed by atoms with van der Waals surface area (Å²) in [5, 5.41) is 8.72. The molecule has 0 atom stereocenters. The standard InChI is InChI=1S/C31H29FN6.C2H6/c1-3-6-26(22-7-10-25(32)11-8-22)29-20(2)34-31(35-29)30-27-16-23(9-12-28(27)36-37-30)24-15-21(17-33-18-24)19-38-13-4-5-14-38;1-2/h3,6-12,15-18H,1,4-5,13-14,19H2,2H3,(H,34,35)(H,36,37);1-2H3/b26-6-;. The Morgan fingerprint density at radius 2 is 1.80 bits per heavy atom. The van der Waals surface area contributed by atoms with E-state index in [0.717, 1.165) is 69.9 Å². The Kier molecular flexibility index (Phi) is 8.31. The van der Waals surface area contributed by atoms with Gasteiger partial charge >= 0.3 is 0 Å². The van der Waals surface area contributed by atoms with E-state index in [-0.39, 0.29) is 5.82 Å². The number of nitrogens with one attached hydrogen (secondary N) is 2. The van der Waals surface area contributed by atoms with Crippen LogP contribution in [0.25, 0.3) is 39.1 Å². The third-order valence-electron chi connectivity index (χ3n) is 7.10. The number of fused-ring (bicyclic) bond motifs is 1. The lowest BCUT2D eigenvalue weighted by Crippen LogP contribution is -2.18. The molecule has 0 amide bonds. The average molecular weight is 535 g/mol. The van der Waals surface area contributed by atoms with Crippen LogP contribution in [-0.4, -0.2) is 43.1 Å². The smallest absolute Gasteiger partial charge is 0.159 e. The van der Waals surface area contributed by atoms with Crippen LogP contribution in [0.5, 0.6) is 0 Å². The zero-order chi connectivity index (χ0) is 28.1. The van der Waals surface area contributed by atoms with Gasteiger partial charge in [0.1, 0.15) is 11.5 Å². The second-order valence-electron chi connectivity index (χ2n) is 9.78. The summed E-state index contributed by atoms with van der Waals surface area (Å²) in [4.78, 5) is 15.3. The van der Waals surface area contributed by atoms with Crippen molar-refractivity contribution in [2.24, 2.45) is 0 Å². The van der Waals surface area contributed by atoms with E-state index in [1.54, 1.807) is 18.2 Å². The number of aromatic nitrogens is 5. The zero-order valence-corrected chi connectivity index (χ0v) is 23.3. The van der Waals surface area contributed by atoms with Crippen molar-refractivity contribution in [1.29, 1.82) is 0 Å². The number of hydrogen-bond donors (Lipinski definition) is 2. The maximum Gasteiger partial charge on any atom is 0.159 e. The van der Waals surface area contributed by atoms with E-state index in [0.29, 0.717) is 5.82 Å². The number of imidazole rings is 1. The molecule has 40 heavy (non-hydrogen) atoms. The van der Waals surface area contributed by atoms with Crippen molar-refractivity contribution in [3.05, 3.63) is 108 Å². The number of benzene rings is 2. The lowest BCUT2D eigenvalue weighted by molar-refractivity contribution is 0.331. The lowest BCUT2D eigenvalue weighted by atomic mass is 10.0. The van der Waals surface area contributed by atoms with Crippen molar-refractivity contribution >= 4 is 16.5 Å². The van der Waals surface area contributed by atoms with Gasteiger partial charge in [-0.25, -0.2) is 9.37 Å². The normalized spacial score (nSPS) is 13.8. The number of halogens is 1. The van der Waals surface area contributed by atoms with Gasteiger partial charge in [0.25, 0.3) is 0 Å². The molecule has 7 heteroatoms. The Balaban J connectivity index is 0.00000158. The molecule has 0 unspecified atom stereocenters. The highest BCUT2D eigenvalue weighted by Gasteiger charge is 2.18. The minimum absolute atomic E-state index is 0.276. The molecule has 1 aliphatic rings. The van der Waals surface area contributed by atoms with Gasteiger partial charge in [-0.3, -0.25) is 15.0 Å². The predicted molar refractivity (Wildman–Crippen MR) is 161 cm³/mol. The van der Waals surface area contributed by atoms with Crippen LogP contribution in [0.2, 0.25) is 0 Å². The third-order valence-corrected chi connectivity index (χ3v) is 7.10. The van der Waals surface area contributed by atoms with Crippen LogP contribution in [-0.2, 0) is 6.54 Å². The van der Waals surface area contributed by atoms with Gasteiger partial charge < -0.3 is 4.98 Å². The number of rotatable bonds is 7. The van der Waals surface area contributed by atoms with Crippen LogP contribution in [0.4, 0.5) is 4.39 Å². The summed E-state index contributed by atoms with van der Waals surface area (Å²) in [7, 11) is 0. The van der Waals surface area contributed by atoms with Crippen LogP contribution in [0.1, 0.15) is 49.2 Å². The number of likely N-dealkylation sites (tertiary alicyclic amines) is 1. The van der Waals surface area contributed by atoms with Crippen molar-refractivity contribution < 1.29 is 4.39 Å². The third kappa shape index (κ3) is 5.65. The van der Waals surface area contributed by atoms with Crippen molar-refractivity contribution in [3.63, 3.8) is 0 Å². The fourth-order valence-corrected chi connectivity index (χ4v) is 5.20. The van der Waals surface area contributed by atoms with E-state index in [4.69, 9.17) is 4.98 Å². The van der Waals surface area contributed by atoms with Crippen LogP contribution >= 0.6 is 0 Å². The summed E-state index contributed by atoms with van der Waals surface area (Å²) in [6, 6.07) is 14.9. The largest absolute Gasteiger partial charge is 0.340 e. The number of hydrogen-bond acceptors (Lipinski definition) is 4. The molecule has 2 aromatic carbocycles. The van der Waals surface area contributed by atoms with Crippen LogP contribution in [0, 0.1) is 12.7 Å². The SMILES string of the molecule is C=C/C=C(/c1ccc(F)cc1)c1nc(-c2n[nH]c3ccc(-c4cncc(CN5CCCC5)c4)cc23)[nH]c1C.CC. The molecule has 0 spiro atoms. The van der Waals surface area contributed by atoms with Crippen molar-refractivity contribution in [1.82, 2.24) is 30.0 Å². The quantitative estimate of drug-likeness (QED) is 0.210. The van der Waals surface area contributed by atoms with Gasteiger partial charge in [-0.1, -0.05) is 50.8 Å². The average Bonchev–Trinajstić information content (AvgIpc) is 3.73. The first-order valence-corrected chi connectivity index (χ1v) is 13.9. The number of pyridine rings is 1. The number of nitrogens with zero attached hydrogens (tertiary/aromatic N) is 4. The molecular weight excluding hydrogens is 499 g/mol.